The van der Waals surface area contributed by atoms with Gasteiger partial charge in [-0.1, -0.05) is 23.9 Å². The first-order chi connectivity index (χ1) is 11.7. The van der Waals surface area contributed by atoms with E-state index in [4.69, 9.17) is 4.42 Å². The molecule has 0 radical (unpaired) electrons. The maximum Gasteiger partial charge on any atom is 0.230 e. The summed E-state index contributed by atoms with van der Waals surface area (Å²) in [5.41, 5.74) is 1.99. The molecule has 0 aliphatic heterocycles. The molecule has 0 aliphatic carbocycles. The number of aryl methyl sites for hydroxylation is 1. The Kier molecular flexibility index (Phi) is 5.22. The minimum absolute atomic E-state index is 0.122. The number of aliphatic hydroxyl groups excluding tert-OH is 1. The van der Waals surface area contributed by atoms with E-state index < -0.39 is 6.10 Å². The molecule has 0 spiro atoms. The van der Waals surface area contributed by atoms with Gasteiger partial charge >= 0.3 is 0 Å². The molecule has 24 heavy (non-hydrogen) atoms. The van der Waals surface area contributed by atoms with Crippen molar-refractivity contribution in [2.75, 3.05) is 12.3 Å². The standard InChI is InChI=1S/C17H19N3O3S/c1-2-20-13-7-4-3-6-12(13)19-17(20)24-11-16(22)18-10-14(21)15-8-5-9-23-15/h3-9,14,21H,2,10-11H2,1H3,(H,18,22). The van der Waals surface area contributed by atoms with Crippen molar-refractivity contribution < 1.29 is 14.3 Å². The van der Waals surface area contributed by atoms with Crippen LogP contribution in [0, 0.1) is 0 Å². The average molecular weight is 345 g/mol. The van der Waals surface area contributed by atoms with Crippen molar-refractivity contribution in [3.8, 4) is 0 Å². The predicted octanol–water partition coefficient (Wildman–Crippen LogP) is 2.59. The van der Waals surface area contributed by atoms with Gasteiger partial charge in [-0.3, -0.25) is 4.79 Å². The Labute approximate surface area is 143 Å². The molecule has 1 aromatic carbocycles. The summed E-state index contributed by atoms with van der Waals surface area (Å²) < 4.78 is 7.19. The van der Waals surface area contributed by atoms with Crippen LogP contribution in [-0.4, -0.2) is 32.9 Å². The average Bonchev–Trinajstić information content (AvgIpc) is 3.24. The highest BCUT2D eigenvalue weighted by atomic mass is 32.2. The number of rotatable bonds is 7. The van der Waals surface area contributed by atoms with Crippen molar-refractivity contribution in [3.63, 3.8) is 0 Å². The van der Waals surface area contributed by atoms with Crippen LogP contribution in [0.5, 0.6) is 0 Å². The summed E-state index contributed by atoms with van der Waals surface area (Å²) in [7, 11) is 0. The van der Waals surface area contributed by atoms with E-state index in [9.17, 15) is 9.90 Å². The van der Waals surface area contributed by atoms with Crippen LogP contribution in [0.1, 0.15) is 18.8 Å². The Bertz CT molecular complexity index is 814. The molecule has 3 aromatic rings. The number of hydrogen-bond donors (Lipinski definition) is 2. The number of aliphatic hydroxyl groups is 1. The fourth-order valence-electron chi connectivity index (χ4n) is 2.44. The molecule has 6 nitrogen and oxygen atoms in total. The molecule has 2 aromatic heterocycles. The van der Waals surface area contributed by atoms with E-state index in [2.05, 4.69) is 21.8 Å². The first-order valence-electron chi connectivity index (χ1n) is 7.75. The highest BCUT2D eigenvalue weighted by Crippen LogP contribution is 2.23. The van der Waals surface area contributed by atoms with Gasteiger partial charge in [-0.05, 0) is 31.2 Å². The Morgan fingerprint density at radius 2 is 2.21 bits per heavy atom. The number of thioether (sulfide) groups is 1. The fraction of sp³-hybridized carbons (Fsp3) is 0.294. The van der Waals surface area contributed by atoms with Crippen molar-refractivity contribution in [2.45, 2.75) is 24.7 Å². The van der Waals surface area contributed by atoms with Crippen LogP contribution in [0.15, 0.2) is 52.2 Å². The van der Waals surface area contributed by atoms with Gasteiger partial charge in [-0.25, -0.2) is 4.98 Å². The summed E-state index contributed by atoms with van der Waals surface area (Å²) in [6, 6.07) is 11.3. The normalized spacial score (nSPS) is 12.4. The second-order valence-electron chi connectivity index (χ2n) is 5.25. The Hall–Kier alpha value is -2.25. The molecule has 0 fully saturated rings. The SMILES string of the molecule is CCn1c(SCC(=O)NCC(O)c2ccco2)nc2ccccc21. The Morgan fingerprint density at radius 1 is 1.38 bits per heavy atom. The van der Waals surface area contributed by atoms with Crippen LogP contribution >= 0.6 is 11.8 Å². The molecule has 0 bridgehead atoms. The molecular weight excluding hydrogens is 326 g/mol. The predicted molar refractivity (Wildman–Crippen MR) is 92.8 cm³/mol. The zero-order chi connectivity index (χ0) is 16.9. The van der Waals surface area contributed by atoms with Crippen molar-refractivity contribution in [1.82, 2.24) is 14.9 Å². The van der Waals surface area contributed by atoms with E-state index in [1.54, 1.807) is 12.1 Å². The van der Waals surface area contributed by atoms with Gasteiger partial charge in [0, 0.05) is 6.54 Å². The summed E-state index contributed by atoms with van der Waals surface area (Å²) in [5, 5.41) is 13.4. The smallest absolute Gasteiger partial charge is 0.230 e. The van der Waals surface area contributed by atoms with Gasteiger partial charge in [-0.2, -0.15) is 0 Å². The van der Waals surface area contributed by atoms with Crippen molar-refractivity contribution in [2.24, 2.45) is 0 Å². The molecule has 1 unspecified atom stereocenters. The van der Waals surface area contributed by atoms with E-state index in [1.165, 1.54) is 18.0 Å². The van der Waals surface area contributed by atoms with Gasteiger partial charge in [0.1, 0.15) is 11.9 Å². The summed E-state index contributed by atoms with van der Waals surface area (Å²) in [6.45, 7) is 2.97. The zero-order valence-electron chi connectivity index (χ0n) is 13.3. The molecule has 1 amide bonds. The third-order valence-corrected chi connectivity index (χ3v) is 4.61. The van der Waals surface area contributed by atoms with Crippen molar-refractivity contribution in [1.29, 1.82) is 0 Å². The maximum absolute atomic E-state index is 12.0. The third kappa shape index (κ3) is 3.63. The van der Waals surface area contributed by atoms with Gasteiger partial charge in [0.25, 0.3) is 0 Å². The summed E-state index contributed by atoms with van der Waals surface area (Å²) in [6.07, 6.45) is 0.653. The topological polar surface area (TPSA) is 80.3 Å². The van der Waals surface area contributed by atoms with E-state index in [1.807, 2.05) is 24.3 Å². The first kappa shape index (κ1) is 16.6. The number of para-hydroxylation sites is 2. The molecule has 2 N–H and O–H groups in total. The van der Waals surface area contributed by atoms with Crippen LogP contribution in [0.2, 0.25) is 0 Å². The van der Waals surface area contributed by atoms with E-state index >= 15 is 0 Å². The second kappa shape index (κ2) is 7.55. The van der Waals surface area contributed by atoms with Crippen LogP contribution in [0.4, 0.5) is 0 Å². The lowest BCUT2D eigenvalue weighted by Crippen LogP contribution is -2.29. The number of nitrogens with zero attached hydrogens (tertiary/aromatic N) is 2. The lowest BCUT2D eigenvalue weighted by atomic mass is 10.3. The Balaban J connectivity index is 1.56. The molecule has 1 atom stereocenters. The second-order valence-corrected chi connectivity index (χ2v) is 6.19. The number of amides is 1. The van der Waals surface area contributed by atoms with Crippen LogP contribution in [0.3, 0.4) is 0 Å². The number of carbonyl (C=O) groups is 1. The highest BCUT2D eigenvalue weighted by Gasteiger charge is 2.14. The largest absolute Gasteiger partial charge is 0.467 e. The minimum atomic E-state index is -0.839. The lowest BCUT2D eigenvalue weighted by Gasteiger charge is -2.09. The summed E-state index contributed by atoms with van der Waals surface area (Å²) in [4.78, 5) is 16.6. The minimum Gasteiger partial charge on any atom is -0.467 e. The van der Waals surface area contributed by atoms with Crippen molar-refractivity contribution in [3.05, 3.63) is 48.4 Å². The van der Waals surface area contributed by atoms with Crippen LogP contribution in [0.25, 0.3) is 11.0 Å². The molecule has 126 valence electrons. The zero-order valence-corrected chi connectivity index (χ0v) is 14.1. The van der Waals surface area contributed by atoms with Gasteiger partial charge in [0.15, 0.2) is 5.16 Å². The molecule has 3 rings (SSSR count). The molecule has 0 aliphatic rings. The number of nitrogens with one attached hydrogen (secondary N) is 1. The summed E-state index contributed by atoms with van der Waals surface area (Å²) in [5.74, 6) is 0.532. The van der Waals surface area contributed by atoms with Gasteiger partial charge in [0.2, 0.25) is 5.91 Å². The molecule has 2 heterocycles. The molecular formula is C17H19N3O3S. The molecule has 0 saturated carbocycles. The number of benzene rings is 1. The van der Waals surface area contributed by atoms with E-state index in [-0.39, 0.29) is 18.2 Å². The number of fused-ring (bicyclic) bond motifs is 1. The highest BCUT2D eigenvalue weighted by molar-refractivity contribution is 7.99. The lowest BCUT2D eigenvalue weighted by molar-refractivity contribution is -0.119. The quantitative estimate of drug-likeness (QED) is 0.643. The number of carbonyl (C=O) groups excluding carboxylic acids is 1. The number of aromatic nitrogens is 2. The number of hydrogen-bond acceptors (Lipinski definition) is 5. The van der Waals surface area contributed by atoms with Crippen LogP contribution in [-0.2, 0) is 11.3 Å². The van der Waals surface area contributed by atoms with E-state index in [0.29, 0.717) is 5.76 Å². The first-order valence-corrected chi connectivity index (χ1v) is 8.74. The van der Waals surface area contributed by atoms with Gasteiger partial charge in [-0.15, -0.1) is 0 Å². The Morgan fingerprint density at radius 3 is 2.96 bits per heavy atom. The fourth-order valence-corrected chi connectivity index (χ4v) is 3.35. The monoisotopic (exact) mass is 345 g/mol. The van der Waals surface area contributed by atoms with Gasteiger partial charge < -0.3 is 19.4 Å². The maximum atomic E-state index is 12.0. The molecule has 7 heteroatoms. The van der Waals surface area contributed by atoms with Gasteiger partial charge in [0.05, 0.1) is 29.6 Å². The number of imidazole rings is 1. The van der Waals surface area contributed by atoms with Crippen molar-refractivity contribution >= 4 is 28.7 Å². The van der Waals surface area contributed by atoms with Crippen LogP contribution < -0.4 is 5.32 Å². The van der Waals surface area contributed by atoms with E-state index in [0.717, 1.165) is 22.7 Å². The summed E-state index contributed by atoms with van der Waals surface area (Å²) >= 11 is 1.39. The molecule has 0 saturated heterocycles. The third-order valence-electron chi connectivity index (χ3n) is 3.63. The number of furan rings is 1.